The molecule has 2 unspecified atom stereocenters. The van der Waals surface area contributed by atoms with E-state index in [0.29, 0.717) is 11.4 Å². The number of carboxylic acids is 1. The summed E-state index contributed by atoms with van der Waals surface area (Å²) in [5.74, 6) is -0.751. The van der Waals surface area contributed by atoms with Crippen LogP contribution in [0.5, 0.6) is 0 Å². The molecule has 0 aliphatic carbocycles. The Morgan fingerprint density at radius 3 is 2.26 bits per heavy atom. The van der Waals surface area contributed by atoms with E-state index in [2.05, 4.69) is 20.8 Å². The van der Waals surface area contributed by atoms with Crippen molar-refractivity contribution < 1.29 is 9.90 Å². The van der Waals surface area contributed by atoms with Gasteiger partial charge in [0, 0.05) is 16.0 Å². The van der Waals surface area contributed by atoms with E-state index in [-0.39, 0.29) is 6.04 Å². The maximum Gasteiger partial charge on any atom is 0.320 e. The van der Waals surface area contributed by atoms with E-state index < -0.39 is 12.0 Å². The third-order valence-electron chi connectivity index (χ3n) is 4.28. The molecule has 0 saturated carbocycles. The molecule has 1 N–H and O–H groups in total. The fraction of sp³-hybridized carbons (Fsp3) is 0.278. The number of likely N-dealkylation sites (tertiary alicyclic amines) is 1. The molecule has 5 heteroatoms. The maximum atomic E-state index is 11.6. The smallest absolute Gasteiger partial charge is 0.320 e. The largest absolute Gasteiger partial charge is 0.480 e. The molecule has 2 aromatic rings. The van der Waals surface area contributed by atoms with Gasteiger partial charge in [-0.05, 0) is 48.2 Å². The van der Waals surface area contributed by atoms with Gasteiger partial charge in [-0.25, -0.2) is 0 Å². The normalized spacial score (nSPS) is 19.7. The molecular weight excluding hydrogens is 378 g/mol. The first-order valence-electron chi connectivity index (χ1n) is 7.56. The number of rotatable bonds is 4. The fourth-order valence-electron chi connectivity index (χ4n) is 3.23. The summed E-state index contributed by atoms with van der Waals surface area (Å²) in [5.41, 5.74) is 2.15. The fourth-order valence-corrected chi connectivity index (χ4v) is 3.62. The zero-order valence-corrected chi connectivity index (χ0v) is 14.8. The Morgan fingerprint density at radius 1 is 1.13 bits per heavy atom. The molecule has 0 bridgehead atoms. The molecule has 0 spiro atoms. The molecule has 120 valence electrons. The molecule has 1 heterocycles. The van der Waals surface area contributed by atoms with Crippen LogP contribution < -0.4 is 0 Å². The highest BCUT2D eigenvalue weighted by Gasteiger charge is 2.36. The van der Waals surface area contributed by atoms with Crippen molar-refractivity contribution in [3.8, 4) is 0 Å². The van der Waals surface area contributed by atoms with Crippen molar-refractivity contribution in [3.63, 3.8) is 0 Å². The van der Waals surface area contributed by atoms with Gasteiger partial charge in [0.05, 0.1) is 6.04 Å². The highest BCUT2D eigenvalue weighted by Crippen LogP contribution is 2.35. The van der Waals surface area contributed by atoms with E-state index in [1.807, 2.05) is 48.5 Å². The third kappa shape index (κ3) is 3.60. The minimum atomic E-state index is -0.751. The summed E-state index contributed by atoms with van der Waals surface area (Å²) in [7, 11) is 0. The minimum Gasteiger partial charge on any atom is -0.480 e. The van der Waals surface area contributed by atoms with Crippen LogP contribution in [-0.4, -0.2) is 28.6 Å². The molecular formula is C18H17BrClNO2. The summed E-state index contributed by atoms with van der Waals surface area (Å²) in [5, 5.41) is 10.2. The van der Waals surface area contributed by atoms with Gasteiger partial charge >= 0.3 is 5.97 Å². The molecule has 0 aromatic heterocycles. The molecule has 3 rings (SSSR count). The Morgan fingerprint density at radius 2 is 1.70 bits per heavy atom. The molecule has 1 fully saturated rings. The zero-order valence-electron chi connectivity index (χ0n) is 12.5. The van der Waals surface area contributed by atoms with Crippen LogP contribution in [0, 0.1) is 0 Å². The number of nitrogens with zero attached hydrogens (tertiary/aromatic N) is 1. The molecule has 1 aliphatic heterocycles. The Kier molecular flexibility index (Phi) is 5.05. The lowest BCUT2D eigenvalue weighted by Crippen LogP contribution is -2.39. The molecule has 3 nitrogen and oxygen atoms in total. The maximum absolute atomic E-state index is 11.6. The monoisotopic (exact) mass is 393 g/mol. The third-order valence-corrected chi connectivity index (χ3v) is 5.06. The second kappa shape index (κ2) is 7.04. The van der Waals surface area contributed by atoms with Gasteiger partial charge in [-0.3, -0.25) is 9.69 Å². The molecule has 1 saturated heterocycles. The van der Waals surface area contributed by atoms with E-state index in [1.165, 1.54) is 0 Å². The first kappa shape index (κ1) is 16.5. The summed E-state index contributed by atoms with van der Waals surface area (Å²) in [4.78, 5) is 13.7. The van der Waals surface area contributed by atoms with Crippen LogP contribution in [0.1, 0.15) is 30.0 Å². The van der Waals surface area contributed by atoms with Gasteiger partial charge in [-0.1, -0.05) is 51.8 Å². The van der Waals surface area contributed by atoms with Gasteiger partial charge < -0.3 is 5.11 Å². The minimum absolute atomic E-state index is 0.0797. The van der Waals surface area contributed by atoms with Crippen molar-refractivity contribution in [1.82, 2.24) is 4.90 Å². The van der Waals surface area contributed by atoms with Crippen LogP contribution in [0.15, 0.2) is 53.0 Å². The average Bonchev–Trinajstić information content (AvgIpc) is 3.01. The Bertz CT molecular complexity index is 642. The van der Waals surface area contributed by atoms with Crippen molar-refractivity contribution in [2.45, 2.75) is 24.9 Å². The summed E-state index contributed by atoms with van der Waals surface area (Å²) in [6.07, 6.45) is 1.59. The predicted octanol–water partition coefficient (Wildman–Crippen LogP) is 4.74. The van der Waals surface area contributed by atoms with Crippen LogP contribution in [0.3, 0.4) is 0 Å². The van der Waals surface area contributed by atoms with E-state index in [1.54, 1.807) is 0 Å². The number of carbonyl (C=O) groups is 1. The van der Waals surface area contributed by atoms with Crippen LogP contribution in [0.4, 0.5) is 0 Å². The van der Waals surface area contributed by atoms with E-state index in [0.717, 1.165) is 28.6 Å². The van der Waals surface area contributed by atoms with Crippen LogP contribution in [0.25, 0.3) is 0 Å². The summed E-state index contributed by atoms with van der Waals surface area (Å²) in [6.45, 7) is 0.778. The zero-order chi connectivity index (χ0) is 16.4. The van der Waals surface area contributed by atoms with E-state index >= 15 is 0 Å². The van der Waals surface area contributed by atoms with Crippen LogP contribution in [0.2, 0.25) is 5.02 Å². The van der Waals surface area contributed by atoms with Crippen molar-refractivity contribution in [2.24, 2.45) is 0 Å². The first-order chi connectivity index (χ1) is 11.1. The summed E-state index contributed by atoms with van der Waals surface area (Å²) in [6, 6.07) is 15.2. The number of aliphatic carboxylic acids is 1. The van der Waals surface area contributed by atoms with Crippen molar-refractivity contribution >= 4 is 33.5 Å². The van der Waals surface area contributed by atoms with Crippen LogP contribution >= 0.6 is 27.5 Å². The number of halogens is 2. The van der Waals surface area contributed by atoms with Gasteiger partial charge in [-0.15, -0.1) is 0 Å². The van der Waals surface area contributed by atoms with Crippen molar-refractivity contribution in [1.29, 1.82) is 0 Å². The molecule has 0 amide bonds. The summed E-state index contributed by atoms with van der Waals surface area (Å²) >= 11 is 9.46. The molecule has 1 aliphatic rings. The number of benzene rings is 2. The average molecular weight is 395 g/mol. The molecule has 23 heavy (non-hydrogen) atoms. The Hall–Kier alpha value is -1.36. The number of hydrogen-bond donors (Lipinski definition) is 1. The van der Waals surface area contributed by atoms with Crippen molar-refractivity contribution in [2.75, 3.05) is 6.54 Å². The Balaban J connectivity index is 2.04. The van der Waals surface area contributed by atoms with Gasteiger partial charge in [-0.2, -0.15) is 0 Å². The van der Waals surface area contributed by atoms with Gasteiger partial charge in [0.15, 0.2) is 0 Å². The predicted molar refractivity (Wildman–Crippen MR) is 94.8 cm³/mol. The Labute approximate surface area is 149 Å². The highest BCUT2D eigenvalue weighted by molar-refractivity contribution is 9.10. The lowest BCUT2D eigenvalue weighted by Gasteiger charge is -2.32. The van der Waals surface area contributed by atoms with E-state index in [4.69, 9.17) is 11.6 Å². The lowest BCUT2D eigenvalue weighted by atomic mass is 9.96. The van der Waals surface area contributed by atoms with E-state index in [9.17, 15) is 9.90 Å². The van der Waals surface area contributed by atoms with Gasteiger partial charge in [0.2, 0.25) is 0 Å². The first-order valence-corrected chi connectivity index (χ1v) is 8.73. The van der Waals surface area contributed by atoms with Gasteiger partial charge in [0.25, 0.3) is 0 Å². The highest BCUT2D eigenvalue weighted by atomic mass is 79.9. The molecule has 0 radical (unpaired) electrons. The van der Waals surface area contributed by atoms with Gasteiger partial charge in [0.1, 0.15) is 6.04 Å². The SMILES string of the molecule is O=C(O)C1CCCN1C(c1ccc(Cl)cc1)c1ccc(Br)cc1. The standard InChI is InChI=1S/C18H17BrClNO2/c19-14-7-3-12(4-8-14)17(13-5-9-15(20)10-6-13)21-11-1-2-16(21)18(22)23/h3-10,16-17H,1-2,11H2,(H,22,23). The second-order valence-electron chi connectivity index (χ2n) is 5.74. The lowest BCUT2D eigenvalue weighted by molar-refractivity contribution is -0.142. The number of hydrogen-bond acceptors (Lipinski definition) is 2. The van der Waals surface area contributed by atoms with Crippen LogP contribution in [-0.2, 0) is 4.79 Å². The summed E-state index contributed by atoms with van der Waals surface area (Å²) < 4.78 is 1.01. The number of carboxylic acid groups (broad SMARTS) is 1. The quantitative estimate of drug-likeness (QED) is 0.814. The molecule has 2 aromatic carbocycles. The molecule has 2 atom stereocenters. The topological polar surface area (TPSA) is 40.5 Å². The van der Waals surface area contributed by atoms with Crippen molar-refractivity contribution in [3.05, 3.63) is 69.2 Å². The second-order valence-corrected chi connectivity index (χ2v) is 7.09.